The number of para-hydroxylation sites is 1. The molecule has 1 amide bonds. The number of carboxylic acid groups (broad SMARTS) is 2. The Hall–Kier alpha value is -3.42. The van der Waals surface area contributed by atoms with Crippen LogP contribution in [0.1, 0.15) is 17.8 Å². The molecule has 1 heterocycles. The van der Waals surface area contributed by atoms with Gasteiger partial charge in [-0.05, 0) is 25.0 Å². The van der Waals surface area contributed by atoms with Crippen molar-refractivity contribution in [2.24, 2.45) is 5.92 Å². The molecule has 0 saturated carbocycles. The highest BCUT2D eigenvalue weighted by Crippen LogP contribution is 2.24. The molecule has 1 aromatic carbocycles. The topological polar surface area (TPSA) is 132 Å². The Balaban J connectivity index is 0.000000260. The number of hydrogen-bond acceptors (Lipinski definition) is 4. The molecule has 0 aliphatic heterocycles. The van der Waals surface area contributed by atoms with Crippen molar-refractivity contribution >= 4 is 23.5 Å². The number of amides is 1. The average molecular weight is 357 g/mol. The van der Waals surface area contributed by atoms with E-state index in [2.05, 4.69) is 15.3 Å². The van der Waals surface area contributed by atoms with Crippen molar-refractivity contribution in [3.63, 3.8) is 0 Å². The zero-order valence-electron chi connectivity index (χ0n) is 13.9. The van der Waals surface area contributed by atoms with Gasteiger partial charge in [-0.3, -0.25) is 4.79 Å². The van der Waals surface area contributed by atoms with Gasteiger partial charge in [0.15, 0.2) is 0 Å². The summed E-state index contributed by atoms with van der Waals surface area (Å²) in [5.41, 5.74) is 3.08. The summed E-state index contributed by atoms with van der Waals surface area (Å²) in [5.74, 6) is -2.38. The van der Waals surface area contributed by atoms with Gasteiger partial charge in [-0.2, -0.15) is 0 Å². The maximum Gasteiger partial charge on any atom is 0.328 e. The van der Waals surface area contributed by atoms with Crippen molar-refractivity contribution in [3.8, 4) is 0 Å². The first-order valence-electron chi connectivity index (χ1n) is 7.96. The van der Waals surface area contributed by atoms with Crippen molar-refractivity contribution < 1.29 is 24.6 Å². The molecule has 26 heavy (non-hydrogen) atoms. The zero-order valence-corrected chi connectivity index (χ0v) is 13.9. The number of nitrogens with zero attached hydrogens (tertiary/aromatic N) is 1. The number of aromatic amines is 1. The summed E-state index contributed by atoms with van der Waals surface area (Å²) < 4.78 is 0. The number of imidazole rings is 1. The first kappa shape index (κ1) is 18.9. The third kappa shape index (κ3) is 5.90. The number of benzene rings is 1. The van der Waals surface area contributed by atoms with Gasteiger partial charge in [-0.1, -0.05) is 18.2 Å². The fourth-order valence-electron chi connectivity index (χ4n) is 2.53. The number of rotatable bonds is 4. The maximum absolute atomic E-state index is 12.2. The Labute approximate surface area is 149 Å². The largest absolute Gasteiger partial charge is 0.478 e. The first-order chi connectivity index (χ1) is 12.5. The van der Waals surface area contributed by atoms with E-state index in [1.807, 2.05) is 30.3 Å². The second-order valence-electron chi connectivity index (χ2n) is 5.63. The van der Waals surface area contributed by atoms with E-state index in [1.165, 1.54) is 0 Å². The molecule has 0 spiro atoms. The number of carboxylic acids is 2. The van der Waals surface area contributed by atoms with Crippen molar-refractivity contribution in [3.05, 3.63) is 60.2 Å². The molecule has 0 bridgehead atoms. The highest BCUT2D eigenvalue weighted by atomic mass is 16.4. The summed E-state index contributed by atoms with van der Waals surface area (Å²) in [4.78, 5) is 38.6. The van der Waals surface area contributed by atoms with Gasteiger partial charge in [-0.25, -0.2) is 14.6 Å². The molecule has 2 aromatic rings. The average Bonchev–Trinajstić information content (AvgIpc) is 3.09. The van der Waals surface area contributed by atoms with Crippen molar-refractivity contribution in [2.45, 2.75) is 19.3 Å². The molecule has 1 aliphatic rings. The quantitative estimate of drug-likeness (QED) is 0.618. The number of H-pyrrole nitrogens is 1. The number of hydrogen-bond donors (Lipinski definition) is 4. The number of aliphatic carboxylic acids is 2. The molecule has 0 saturated heterocycles. The number of carbonyl (C=O) groups excluding carboxylic acids is 1. The number of aryl methyl sites for hydroxylation is 1. The summed E-state index contributed by atoms with van der Waals surface area (Å²) >= 11 is 0. The Morgan fingerprint density at radius 2 is 1.77 bits per heavy atom. The van der Waals surface area contributed by atoms with Gasteiger partial charge in [0, 0.05) is 35.9 Å². The number of carbonyl (C=O) groups is 3. The van der Waals surface area contributed by atoms with Gasteiger partial charge in [0.2, 0.25) is 5.91 Å². The standard InChI is InChI=1S/C14H15N3O.C4H4O4/c18-14(17-11-4-2-1-3-5-11)10-6-7-12-13(8-10)16-9-15-12;5-3(6)1-2-4(7)8/h1-5,9-10H,6-8H2,(H,15,16)(H,17,18);1-2H,(H,5,6)(H,7,8). The second-order valence-corrected chi connectivity index (χ2v) is 5.63. The molecule has 3 rings (SSSR count). The molecule has 136 valence electrons. The highest BCUT2D eigenvalue weighted by Gasteiger charge is 2.26. The van der Waals surface area contributed by atoms with Crippen LogP contribution in [-0.4, -0.2) is 38.0 Å². The molecule has 0 fully saturated rings. The first-order valence-corrected chi connectivity index (χ1v) is 7.96. The lowest BCUT2D eigenvalue weighted by Crippen LogP contribution is -2.28. The van der Waals surface area contributed by atoms with Crippen LogP contribution in [0.2, 0.25) is 0 Å². The predicted octanol–water partition coefficient (Wildman–Crippen LogP) is 1.87. The van der Waals surface area contributed by atoms with E-state index in [0.717, 1.165) is 36.3 Å². The Kier molecular flexibility index (Phi) is 6.67. The lowest BCUT2D eigenvalue weighted by molar-refractivity contribution is -0.134. The summed E-state index contributed by atoms with van der Waals surface area (Å²) in [6.45, 7) is 0. The Morgan fingerprint density at radius 1 is 1.12 bits per heavy atom. The molecule has 4 N–H and O–H groups in total. The third-order valence-electron chi connectivity index (χ3n) is 3.77. The van der Waals surface area contributed by atoms with Gasteiger partial charge >= 0.3 is 11.9 Å². The molecule has 1 unspecified atom stereocenters. The zero-order chi connectivity index (χ0) is 18.9. The number of anilines is 1. The fraction of sp³-hybridized carbons (Fsp3) is 0.222. The summed E-state index contributed by atoms with van der Waals surface area (Å²) in [5, 5.41) is 18.6. The van der Waals surface area contributed by atoms with Crippen molar-refractivity contribution in [1.82, 2.24) is 9.97 Å². The van der Waals surface area contributed by atoms with E-state index in [9.17, 15) is 14.4 Å². The third-order valence-corrected chi connectivity index (χ3v) is 3.77. The minimum atomic E-state index is -1.26. The van der Waals surface area contributed by atoms with Crippen LogP contribution in [0.3, 0.4) is 0 Å². The van der Waals surface area contributed by atoms with Crippen LogP contribution < -0.4 is 5.32 Å². The van der Waals surface area contributed by atoms with Gasteiger partial charge in [0.1, 0.15) is 0 Å². The highest BCUT2D eigenvalue weighted by molar-refractivity contribution is 5.92. The van der Waals surface area contributed by atoms with Crippen LogP contribution in [0, 0.1) is 5.92 Å². The van der Waals surface area contributed by atoms with E-state index in [0.29, 0.717) is 12.2 Å². The molecule has 1 aliphatic carbocycles. The molecule has 1 aromatic heterocycles. The molecule has 8 heteroatoms. The number of aromatic nitrogens is 2. The lowest BCUT2D eigenvalue weighted by atomic mass is 9.89. The summed E-state index contributed by atoms with van der Waals surface area (Å²) in [7, 11) is 0. The number of nitrogens with one attached hydrogen (secondary N) is 2. The van der Waals surface area contributed by atoms with E-state index in [1.54, 1.807) is 6.33 Å². The minimum absolute atomic E-state index is 0.0400. The van der Waals surface area contributed by atoms with Gasteiger partial charge in [0.05, 0.1) is 12.0 Å². The molecular formula is C18H19N3O5. The second kappa shape index (κ2) is 9.16. The van der Waals surface area contributed by atoms with Gasteiger partial charge in [-0.15, -0.1) is 0 Å². The Morgan fingerprint density at radius 3 is 2.38 bits per heavy atom. The summed E-state index contributed by atoms with van der Waals surface area (Å²) in [6, 6.07) is 9.59. The maximum atomic E-state index is 12.2. The fourth-order valence-corrected chi connectivity index (χ4v) is 2.53. The molecule has 1 atom stereocenters. The van der Waals surface area contributed by atoms with Crippen molar-refractivity contribution in [1.29, 1.82) is 0 Å². The van der Waals surface area contributed by atoms with Crippen LogP contribution >= 0.6 is 0 Å². The van der Waals surface area contributed by atoms with Crippen molar-refractivity contribution in [2.75, 3.05) is 5.32 Å². The Bertz CT molecular complexity index is 782. The number of fused-ring (bicyclic) bond motifs is 1. The lowest BCUT2D eigenvalue weighted by Gasteiger charge is -2.20. The smallest absolute Gasteiger partial charge is 0.328 e. The van der Waals surface area contributed by atoms with Crippen LogP contribution in [0.25, 0.3) is 0 Å². The van der Waals surface area contributed by atoms with Crippen LogP contribution in [0.5, 0.6) is 0 Å². The van der Waals surface area contributed by atoms with E-state index in [4.69, 9.17) is 10.2 Å². The molecular weight excluding hydrogens is 338 g/mol. The minimum Gasteiger partial charge on any atom is -0.478 e. The van der Waals surface area contributed by atoms with E-state index < -0.39 is 11.9 Å². The van der Waals surface area contributed by atoms with E-state index >= 15 is 0 Å². The van der Waals surface area contributed by atoms with Crippen LogP contribution in [0.15, 0.2) is 48.8 Å². The summed E-state index contributed by atoms with van der Waals surface area (Å²) in [6.07, 6.45) is 5.34. The van der Waals surface area contributed by atoms with Crippen LogP contribution in [0.4, 0.5) is 5.69 Å². The SMILES string of the molecule is O=C(Nc1ccccc1)C1CCc2nc[nH]c2C1.O=C(O)C=CC(=O)O. The van der Waals surface area contributed by atoms with Crippen LogP contribution in [-0.2, 0) is 27.2 Å². The molecule has 0 radical (unpaired) electrons. The monoisotopic (exact) mass is 357 g/mol. The normalized spacial score (nSPS) is 15.5. The molecule has 8 nitrogen and oxygen atoms in total. The van der Waals surface area contributed by atoms with Gasteiger partial charge < -0.3 is 20.5 Å². The predicted molar refractivity (Wildman–Crippen MR) is 93.6 cm³/mol. The van der Waals surface area contributed by atoms with E-state index in [-0.39, 0.29) is 11.8 Å². The van der Waals surface area contributed by atoms with Gasteiger partial charge in [0.25, 0.3) is 0 Å².